The number of sulfonamides is 1. The Morgan fingerprint density at radius 3 is 2.76 bits per heavy atom. The summed E-state index contributed by atoms with van der Waals surface area (Å²) in [6.07, 6.45) is 1.52. The van der Waals surface area contributed by atoms with Gasteiger partial charge in [-0.1, -0.05) is 15.9 Å². The first kappa shape index (κ1) is 12.4. The molecule has 0 aliphatic carbocycles. The highest BCUT2D eigenvalue weighted by Crippen LogP contribution is 2.29. The lowest BCUT2D eigenvalue weighted by Crippen LogP contribution is -2.38. The molecule has 17 heavy (non-hydrogen) atoms. The Kier molecular flexibility index (Phi) is 3.40. The molecule has 1 heterocycles. The molecule has 0 unspecified atom stereocenters. The molecule has 4 nitrogen and oxygen atoms in total. The molecule has 1 saturated heterocycles. The first-order valence-electron chi connectivity index (χ1n) is 5.25. The molecule has 1 aliphatic rings. The minimum absolute atomic E-state index is 0.157. The van der Waals surface area contributed by atoms with Crippen molar-refractivity contribution in [3.8, 4) is 6.07 Å². The third-order valence-electron chi connectivity index (χ3n) is 2.70. The van der Waals surface area contributed by atoms with Crippen molar-refractivity contribution in [1.82, 2.24) is 0 Å². The van der Waals surface area contributed by atoms with E-state index in [1.54, 1.807) is 18.2 Å². The lowest BCUT2D eigenvalue weighted by molar-refractivity contribution is 0.574. The molecule has 1 fully saturated rings. The average Bonchev–Trinajstić information content (AvgIpc) is 2.28. The van der Waals surface area contributed by atoms with Gasteiger partial charge < -0.3 is 0 Å². The third kappa shape index (κ3) is 2.45. The van der Waals surface area contributed by atoms with Crippen LogP contribution in [0.15, 0.2) is 22.7 Å². The minimum atomic E-state index is -3.26. The van der Waals surface area contributed by atoms with Gasteiger partial charge in [-0.15, -0.1) is 0 Å². The summed E-state index contributed by atoms with van der Waals surface area (Å²) in [4.78, 5) is 0. The van der Waals surface area contributed by atoms with E-state index in [1.807, 2.05) is 6.07 Å². The molecule has 2 rings (SSSR count). The largest absolute Gasteiger partial charge is 0.269 e. The van der Waals surface area contributed by atoms with Crippen LogP contribution in [0, 0.1) is 11.3 Å². The Morgan fingerprint density at radius 1 is 1.35 bits per heavy atom. The molecular formula is C11H11BrN2O2S. The van der Waals surface area contributed by atoms with Crippen LogP contribution in [0.1, 0.15) is 18.4 Å². The van der Waals surface area contributed by atoms with Crippen molar-refractivity contribution in [2.24, 2.45) is 0 Å². The van der Waals surface area contributed by atoms with Crippen LogP contribution >= 0.6 is 15.9 Å². The monoisotopic (exact) mass is 314 g/mol. The maximum absolute atomic E-state index is 12.0. The van der Waals surface area contributed by atoms with E-state index in [4.69, 9.17) is 5.26 Å². The number of nitrogens with zero attached hydrogens (tertiary/aromatic N) is 2. The van der Waals surface area contributed by atoms with Gasteiger partial charge in [0.25, 0.3) is 0 Å². The quantitative estimate of drug-likeness (QED) is 0.798. The second-order valence-corrected chi connectivity index (χ2v) is 6.80. The summed E-state index contributed by atoms with van der Waals surface area (Å²) in [5.74, 6) is 0.157. The van der Waals surface area contributed by atoms with Crippen LogP contribution in [0.2, 0.25) is 0 Å². The molecule has 0 saturated carbocycles. The summed E-state index contributed by atoms with van der Waals surface area (Å²) in [6.45, 7) is 0.452. The minimum Gasteiger partial charge on any atom is -0.269 e. The molecule has 1 aliphatic heterocycles. The van der Waals surface area contributed by atoms with Crippen molar-refractivity contribution in [3.63, 3.8) is 0 Å². The molecule has 0 N–H and O–H groups in total. The third-order valence-corrected chi connectivity index (χ3v) is 5.05. The van der Waals surface area contributed by atoms with E-state index in [-0.39, 0.29) is 5.75 Å². The van der Waals surface area contributed by atoms with Crippen molar-refractivity contribution in [1.29, 1.82) is 5.26 Å². The van der Waals surface area contributed by atoms with E-state index in [9.17, 15) is 8.42 Å². The molecule has 0 amide bonds. The van der Waals surface area contributed by atoms with E-state index in [0.717, 1.165) is 10.9 Å². The van der Waals surface area contributed by atoms with E-state index in [0.29, 0.717) is 24.2 Å². The van der Waals surface area contributed by atoms with Crippen LogP contribution in [0.4, 0.5) is 5.69 Å². The number of hydrogen-bond donors (Lipinski definition) is 0. The van der Waals surface area contributed by atoms with Gasteiger partial charge in [0.15, 0.2) is 0 Å². The van der Waals surface area contributed by atoms with Crippen LogP contribution < -0.4 is 4.31 Å². The fraction of sp³-hybridized carbons (Fsp3) is 0.364. The number of benzene rings is 1. The summed E-state index contributed by atoms with van der Waals surface area (Å²) >= 11 is 3.30. The van der Waals surface area contributed by atoms with E-state index in [1.165, 1.54) is 4.31 Å². The Bertz CT molecular complexity index is 578. The number of anilines is 1. The second kappa shape index (κ2) is 4.67. The van der Waals surface area contributed by atoms with Gasteiger partial charge in [-0.2, -0.15) is 5.26 Å². The Hall–Kier alpha value is -1.06. The summed E-state index contributed by atoms with van der Waals surface area (Å²) in [7, 11) is -3.26. The smallest absolute Gasteiger partial charge is 0.235 e. The maximum atomic E-state index is 12.0. The first-order valence-corrected chi connectivity index (χ1v) is 7.65. The van der Waals surface area contributed by atoms with Crippen molar-refractivity contribution >= 4 is 31.6 Å². The molecule has 0 bridgehead atoms. The van der Waals surface area contributed by atoms with E-state index in [2.05, 4.69) is 15.9 Å². The zero-order chi connectivity index (χ0) is 12.5. The van der Waals surface area contributed by atoms with Gasteiger partial charge in [-0.25, -0.2) is 8.42 Å². The average molecular weight is 315 g/mol. The summed E-state index contributed by atoms with van der Waals surface area (Å²) < 4.78 is 26.0. The van der Waals surface area contributed by atoms with Gasteiger partial charge in [-0.3, -0.25) is 4.31 Å². The summed E-state index contributed by atoms with van der Waals surface area (Å²) in [5, 5.41) is 9.02. The summed E-state index contributed by atoms with van der Waals surface area (Å²) in [5.41, 5.74) is 0.861. The van der Waals surface area contributed by atoms with Crippen LogP contribution in [-0.4, -0.2) is 20.7 Å². The fourth-order valence-corrected chi connectivity index (χ4v) is 3.86. The highest BCUT2D eigenvalue weighted by atomic mass is 79.9. The standard InChI is InChI=1S/C11H11BrN2O2S/c12-10-4-3-9(8-13)11(7-10)14-5-1-2-6-17(14,15)16/h3-4,7H,1-2,5-6H2. The van der Waals surface area contributed by atoms with Crippen LogP contribution in [0.3, 0.4) is 0 Å². The molecule has 90 valence electrons. The van der Waals surface area contributed by atoms with Gasteiger partial charge in [0, 0.05) is 11.0 Å². The second-order valence-electron chi connectivity index (χ2n) is 3.87. The van der Waals surface area contributed by atoms with Crippen LogP contribution in [0.25, 0.3) is 0 Å². The fourth-order valence-electron chi connectivity index (χ4n) is 1.87. The number of rotatable bonds is 1. The molecule has 0 aromatic heterocycles. The topological polar surface area (TPSA) is 61.2 Å². The van der Waals surface area contributed by atoms with Gasteiger partial charge in [0.1, 0.15) is 6.07 Å². The molecule has 0 atom stereocenters. The van der Waals surface area contributed by atoms with Crippen molar-refractivity contribution in [3.05, 3.63) is 28.2 Å². The Morgan fingerprint density at radius 2 is 2.12 bits per heavy atom. The highest BCUT2D eigenvalue weighted by Gasteiger charge is 2.27. The molecular weight excluding hydrogens is 304 g/mol. The molecule has 0 radical (unpaired) electrons. The van der Waals surface area contributed by atoms with Crippen LogP contribution in [-0.2, 0) is 10.0 Å². The number of nitriles is 1. The SMILES string of the molecule is N#Cc1ccc(Br)cc1N1CCCCS1(=O)=O. The maximum Gasteiger partial charge on any atom is 0.235 e. The Balaban J connectivity index is 2.53. The first-order chi connectivity index (χ1) is 8.04. The van der Waals surface area contributed by atoms with Crippen molar-refractivity contribution in [2.45, 2.75) is 12.8 Å². The van der Waals surface area contributed by atoms with Gasteiger partial charge in [0.05, 0.1) is 17.0 Å². The lowest BCUT2D eigenvalue weighted by atomic mass is 10.2. The predicted octanol–water partition coefficient (Wildman–Crippen LogP) is 2.25. The molecule has 6 heteroatoms. The number of hydrogen-bond acceptors (Lipinski definition) is 3. The Labute approximate surface area is 109 Å². The van der Waals surface area contributed by atoms with Crippen molar-refractivity contribution < 1.29 is 8.42 Å². The summed E-state index contributed by atoms with van der Waals surface area (Å²) in [6, 6.07) is 7.08. The van der Waals surface area contributed by atoms with Gasteiger partial charge >= 0.3 is 0 Å². The van der Waals surface area contributed by atoms with Gasteiger partial charge in [-0.05, 0) is 31.0 Å². The highest BCUT2D eigenvalue weighted by molar-refractivity contribution is 9.10. The molecule has 1 aromatic carbocycles. The zero-order valence-electron chi connectivity index (χ0n) is 9.06. The normalized spacial score (nSPS) is 18.7. The molecule has 0 spiro atoms. The lowest BCUT2D eigenvalue weighted by Gasteiger charge is -2.29. The predicted molar refractivity (Wildman–Crippen MR) is 69.2 cm³/mol. The van der Waals surface area contributed by atoms with Gasteiger partial charge in [0.2, 0.25) is 10.0 Å². The van der Waals surface area contributed by atoms with Crippen molar-refractivity contribution in [2.75, 3.05) is 16.6 Å². The zero-order valence-corrected chi connectivity index (χ0v) is 11.5. The number of halogens is 1. The van der Waals surface area contributed by atoms with E-state index < -0.39 is 10.0 Å². The van der Waals surface area contributed by atoms with E-state index >= 15 is 0 Å². The molecule has 1 aromatic rings. The van der Waals surface area contributed by atoms with Crippen LogP contribution in [0.5, 0.6) is 0 Å².